The normalized spacial score (nSPS) is 10.3. The van der Waals surface area contributed by atoms with Crippen LogP contribution in [0.2, 0.25) is 0 Å². The summed E-state index contributed by atoms with van der Waals surface area (Å²) in [5.41, 5.74) is 1.73. The van der Waals surface area contributed by atoms with E-state index in [1.807, 2.05) is 12.1 Å². The molecule has 0 saturated carbocycles. The predicted octanol–water partition coefficient (Wildman–Crippen LogP) is 1.34. The van der Waals surface area contributed by atoms with E-state index in [0.717, 1.165) is 11.3 Å². The third-order valence-corrected chi connectivity index (χ3v) is 2.33. The minimum Gasteiger partial charge on any atom is -0.493 e. The molecule has 2 aromatic rings. The van der Waals surface area contributed by atoms with Crippen molar-refractivity contribution in [3.63, 3.8) is 0 Å². The molecule has 0 unspecified atom stereocenters. The molecule has 6 heteroatoms. The lowest BCUT2D eigenvalue weighted by molar-refractivity contribution is -0.137. The third kappa shape index (κ3) is 3.07. The number of carboxylic acid groups (broad SMARTS) is 1. The van der Waals surface area contributed by atoms with Gasteiger partial charge in [0.1, 0.15) is 11.4 Å². The summed E-state index contributed by atoms with van der Waals surface area (Å²) in [6.45, 7) is 0.166. The van der Waals surface area contributed by atoms with Gasteiger partial charge in [-0.2, -0.15) is 15.0 Å². The molecule has 94 valence electrons. The maximum atomic E-state index is 10.3. The summed E-state index contributed by atoms with van der Waals surface area (Å²) in [7, 11) is 1.76. The minimum absolute atomic E-state index is 0.00802. The highest BCUT2D eigenvalue weighted by atomic mass is 16.5. The Bertz CT molecular complexity index is 534. The highest BCUT2D eigenvalue weighted by molar-refractivity contribution is 5.66. The zero-order valence-electron chi connectivity index (χ0n) is 9.91. The van der Waals surface area contributed by atoms with Gasteiger partial charge in [0.15, 0.2) is 0 Å². The Hall–Kier alpha value is -2.37. The van der Waals surface area contributed by atoms with Crippen molar-refractivity contribution < 1.29 is 14.6 Å². The summed E-state index contributed by atoms with van der Waals surface area (Å²) in [6, 6.07) is 7.29. The number of carboxylic acids is 1. The van der Waals surface area contributed by atoms with E-state index in [1.54, 1.807) is 25.4 Å². The molecule has 1 aromatic carbocycles. The summed E-state index contributed by atoms with van der Waals surface area (Å²) in [5.74, 6) is -0.227. The lowest BCUT2D eigenvalue weighted by Gasteiger charge is -2.04. The zero-order chi connectivity index (χ0) is 13.0. The first-order valence-corrected chi connectivity index (χ1v) is 5.46. The number of nitrogens with zero attached hydrogens (tertiary/aromatic N) is 3. The first kappa shape index (κ1) is 12.1. The fourth-order valence-electron chi connectivity index (χ4n) is 1.46. The smallest absolute Gasteiger partial charge is 0.306 e. The molecule has 18 heavy (non-hydrogen) atoms. The molecule has 0 aliphatic heterocycles. The number of carbonyl (C=O) groups is 1. The second-order valence-corrected chi connectivity index (χ2v) is 3.74. The van der Waals surface area contributed by atoms with Crippen LogP contribution in [0.5, 0.6) is 5.75 Å². The van der Waals surface area contributed by atoms with Gasteiger partial charge in [-0.15, -0.1) is 0 Å². The summed E-state index contributed by atoms with van der Waals surface area (Å²) in [6.07, 6.45) is 1.67. The number of aromatic nitrogens is 3. The van der Waals surface area contributed by atoms with E-state index in [1.165, 1.54) is 4.80 Å². The SMILES string of the molecule is Cn1ncc(-c2ccc(OCCC(=O)O)cc2)n1. The van der Waals surface area contributed by atoms with E-state index in [9.17, 15) is 4.79 Å². The summed E-state index contributed by atoms with van der Waals surface area (Å²) < 4.78 is 5.29. The number of rotatable bonds is 5. The Morgan fingerprint density at radius 3 is 2.67 bits per heavy atom. The minimum atomic E-state index is -0.869. The molecule has 6 nitrogen and oxygen atoms in total. The molecule has 0 spiro atoms. The van der Waals surface area contributed by atoms with Crippen LogP contribution in [-0.4, -0.2) is 32.7 Å². The van der Waals surface area contributed by atoms with Crippen molar-refractivity contribution in [1.82, 2.24) is 15.0 Å². The molecule has 1 heterocycles. The molecule has 0 aliphatic carbocycles. The molecule has 0 radical (unpaired) electrons. The molecule has 0 amide bonds. The number of benzene rings is 1. The largest absolute Gasteiger partial charge is 0.493 e. The molecule has 0 saturated heterocycles. The lowest BCUT2D eigenvalue weighted by Crippen LogP contribution is -2.04. The van der Waals surface area contributed by atoms with Gasteiger partial charge >= 0.3 is 5.97 Å². The Balaban J connectivity index is 1.99. The van der Waals surface area contributed by atoms with Crippen LogP contribution in [0.1, 0.15) is 6.42 Å². The molecule has 1 aromatic heterocycles. The van der Waals surface area contributed by atoms with Crippen molar-refractivity contribution in [2.75, 3.05) is 6.61 Å². The predicted molar refractivity (Wildman–Crippen MR) is 64.2 cm³/mol. The summed E-state index contributed by atoms with van der Waals surface area (Å²) >= 11 is 0. The standard InChI is InChI=1S/C12H13N3O3/c1-15-13-8-11(14-15)9-2-4-10(5-3-9)18-7-6-12(16)17/h2-5,8H,6-7H2,1H3,(H,16,17). The van der Waals surface area contributed by atoms with E-state index in [2.05, 4.69) is 10.2 Å². The fourth-order valence-corrected chi connectivity index (χ4v) is 1.46. The molecule has 1 N–H and O–H groups in total. The van der Waals surface area contributed by atoms with E-state index >= 15 is 0 Å². The maximum Gasteiger partial charge on any atom is 0.306 e. The van der Waals surface area contributed by atoms with Crippen molar-refractivity contribution >= 4 is 5.97 Å². The van der Waals surface area contributed by atoms with Crippen LogP contribution in [0.3, 0.4) is 0 Å². The van der Waals surface area contributed by atoms with Crippen molar-refractivity contribution in [1.29, 1.82) is 0 Å². The second kappa shape index (κ2) is 5.31. The molecule has 0 aliphatic rings. The molecule has 0 bridgehead atoms. The third-order valence-electron chi connectivity index (χ3n) is 2.33. The van der Waals surface area contributed by atoms with Crippen molar-refractivity contribution in [3.8, 4) is 17.0 Å². The van der Waals surface area contributed by atoms with E-state index in [-0.39, 0.29) is 13.0 Å². The molecule has 2 rings (SSSR count). The molecular weight excluding hydrogens is 234 g/mol. The summed E-state index contributed by atoms with van der Waals surface area (Å²) in [4.78, 5) is 11.8. The first-order valence-electron chi connectivity index (χ1n) is 5.46. The summed E-state index contributed by atoms with van der Waals surface area (Å²) in [5, 5.41) is 16.7. The van der Waals surface area contributed by atoms with Gasteiger partial charge in [-0.1, -0.05) is 0 Å². The highest BCUT2D eigenvalue weighted by Gasteiger charge is 2.03. The molecule has 0 atom stereocenters. The monoisotopic (exact) mass is 247 g/mol. The van der Waals surface area contributed by atoms with Crippen LogP contribution in [0.4, 0.5) is 0 Å². The van der Waals surface area contributed by atoms with Crippen LogP contribution in [0, 0.1) is 0 Å². The van der Waals surface area contributed by atoms with Gasteiger partial charge < -0.3 is 9.84 Å². The fraction of sp³-hybridized carbons (Fsp3) is 0.250. The van der Waals surface area contributed by atoms with Crippen LogP contribution >= 0.6 is 0 Å². The van der Waals surface area contributed by atoms with Crippen LogP contribution in [-0.2, 0) is 11.8 Å². The van der Waals surface area contributed by atoms with Gasteiger partial charge in [0, 0.05) is 12.6 Å². The Morgan fingerprint density at radius 2 is 2.11 bits per heavy atom. The number of hydrogen-bond acceptors (Lipinski definition) is 4. The van der Waals surface area contributed by atoms with Gasteiger partial charge in [0.05, 0.1) is 19.2 Å². The van der Waals surface area contributed by atoms with Gasteiger partial charge in [0.2, 0.25) is 0 Å². The maximum absolute atomic E-state index is 10.3. The van der Waals surface area contributed by atoms with E-state index in [4.69, 9.17) is 9.84 Å². The van der Waals surface area contributed by atoms with Gasteiger partial charge in [-0.05, 0) is 24.3 Å². The molecule has 0 fully saturated rings. The number of aliphatic carboxylic acids is 1. The zero-order valence-corrected chi connectivity index (χ0v) is 9.91. The van der Waals surface area contributed by atoms with Gasteiger partial charge in [-0.3, -0.25) is 4.79 Å². The van der Waals surface area contributed by atoms with Crippen molar-refractivity contribution in [2.24, 2.45) is 7.05 Å². The highest BCUT2D eigenvalue weighted by Crippen LogP contribution is 2.19. The van der Waals surface area contributed by atoms with Gasteiger partial charge in [-0.25, -0.2) is 0 Å². The second-order valence-electron chi connectivity index (χ2n) is 3.74. The quantitative estimate of drug-likeness (QED) is 0.862. The van der Waals surface area contributed by atoms with Gasteiger partial charge in [0.25, 0.3) is 0 Å². The number of hydrogen-bond donors (Lipinski definition) is 1. The molecular formula is C12H13N3O3. The van der Waals surface area contributed by atoms with Crippen LogP contribution in [0.25, 0.3) is 11.3 Å². The van der Waals surface area contributed by atoms with Crippen molar-refractivity contribution in [3.05, 3.63) is 30.5 Å². The van der Waals surface area contributed by atoms with Crippen LogP contribution in [0.15, 0.2) is 30.5 Å². The first-order chi connectivity index (χ1) is 8.65. The lowest BCUT2D eigenvalue weighted by atomic mass is 10.2. The van der Waals surface area contributed by atoms with E-state index < -0.39 is 5.97 Å². The van der Waals surface area contributed by atoms with Crippen LogP contribution < -0.4 is 4.74 Å². The average Bonchev–Trinajstić information content (AvgIpc) is 2.76. The topological polar surface area (TPSA) is 77.2 Å². The van der Waals surface area contributed by atoms with E-state index in [0.29, 0.717) is 5.75 Å². The Kier molecular flexibility index (Phi) is 3.57. The number of aryl methyl sites for hydroxylation is 1. The van der Waals surface area contributed by atoms with Crippen molar-refractivity contribution in [2.45, 2.75) is 6.42 Å². The number of ether oxygens (including phenoxy) is 1. The average molecular weight is 247 g/mol. The Morgan fingerprint density at radius 1 is 1.39 bits per heavy atom. The Labute approximate surface area is 104 Å².